The highest BCUT2D eigenvalue weighted by Gasteiger charge is 2.46. The highest BCUT2D eigenvalue weighted by atomic mass is 16.5. The third-order valence-electron chi connectivity index (χ3n) is 7.92. The number of likely N-dealkylation sites (tertiary alicyclic amines) is 1. The number of aryl methyl sites for hydroxylation is 1. The van der Waals surface area contributed by atoms with Gasteiger partial charge in [0.25, 0.3) is 0 Å². The summed E-state index contributed by atoms with van der Waals surface area (Å²) < 4.78 is 7.47. The van der Waals surface area contributed by atoms with Gasteiger partial charge in [0.2, 0.25) is 0 Å². The van der Waals surface area contributed by atoms with Gasteiger partial charge >= 0.3 is 12.1 Å². The molecule has 3 N–H and O–H groups in total. The summed E-state index contributed by atoms with van der Waals surface area (Å²) in [5, 5.41) is 14.8. The van der Waals surface area contributed by atoms with Gasteiger partial charge in [0.1, 0.15) is 0 Å². The molecular formula is C27H33N7O3. The SMILES string of the molecule is CCNC(=O)N1CCC2(CCn3nc(-c4cnc5cccc(NC(=O)NC6CCOCC6)c5c4)cc32)C1. The fourth-order valence-corrected chi connectivity index (χ4v) is 5.91. The van der Waals surface area contributed by atoms with Crippen molar-refractivity contribution in [3.8, 4) is 11.3 Å². The van der Waals surface area contributed by atoms with Crippen molar-refractivity contribution >= 4 is 28.7 Å². The fraction of sp³-hybridized carbons (Fsp3) is 0.481. The number of carbonyl (C=O) groups excluding carboxylic acids is 2. The van der Waals surface area contributed by atoms with E-state index in [0.29, 0.717) is 25.4 Å². The zero-order valence-electron chi connectivity index (χ0n) is 21.1. The van der Waals surface area contributed by atoms with Crippen LogP contribution in [0, 0.1) is 0 Å². The van der Waals surface area contributed by atoms with Crippen LogP contribution in [0.5, 0.6) is 0 Å². The first-order valence-electron chi connectivity index (χ1n) is 13.2. The van der Waals surface area contributed by atoms with Crippen LogP contribution in [0.3, 0.4) is 0 Å². The van der Waals surface area contributed by atoms with E-state index in [4.69, 9.17) is 9.84 Å². The molecule has 3 aromatic rings. The monoisotopic (exact) mass is 503 g/mol. The predicted molar refractivity (Wildman–Crippen MR) is 141 cm³/mol. The number of nitrogens with zero attached hydrogens (tertiary/aromatic N) is 4. The van der Waals surface area contributed by atoms with Gasteiger partial charge in [-0.15, -0.1) is 0 Å². The van der Waals surface area contributed by atoms with Crippen LogP contribution in [0.2, 0.25) is 0 Å². The summed E-state index contributed by atoms with van der Waals surface area (Å²) in [6.07, 6.45) is 5.43. The van der Waals surface area contributed by atoms with E-state index in [9.17, 15) is 9.59 Å². The molecule has 10 nitrogen and oxygen atoms in total. The van der Waals surface area contributed by atoms with E-state index in [-0.39, 0.29) is 23.5 Å². The van der Waals surface area contributed by atoms with E-state index in [2.05, 4.69) is 31.7 Å². The second-order valence-corrected chi connectivity index (χ2v) is 10.3. The van der Waals surface area contributed by atoms with Crippen molar-refractivity contribution in [1.82, 2.24) is 30.3 Å². The summed E-state index contributed by atoms with van der Waals surface area (Å²) in [7, 11) is 0. The Kier molecular flexibility index (Phi) is 6.19. The average Bonchev–Trinajstić information content (AvgIpc) is 3.62. The number of urea groups is 2. The van der Waals surface area contributed by atoms with E-state index in [1.165, 1.54) is 5.69 Å². The smallest absolute Gasteiger partial charge is 0.319 e. The van der Waals surface area contributed by atoms with E-state index in [1.807, 2.05) is 42.3 Å². The number of nitrogens with one attached hydrogen (secondary N) is 3. The minimum Gasteiger partial charge on any atom is -0.381 e. The van der Waals surface area contributed by atoms with Crippen molar-refractivity contribution in [1.29, 1.82) is 0 Å². The Morgan fingerprint density at radius 2 is 2.00 bits per heavy atom. The molecule has 194 valence electrons. The number of hydrogen-bond donors (Lipinski definition) is 3. The molecule has 6 rings (SSSR count). The predicted octanol–water partition coefficient (Wildman–Crippen LogP) is 3.48. The molecule has 2 aromatic heterocycles. The molecule has 1 unspecified atom stereocenters. The molecule has 0 saturated carbocycles. The number of aromatic nitrogens is 3. The molecule has 37 heavy (non-hydrogen) atoms. The Balaban J connectivity index is 1.24. The maximum atomic E-state index is 12.7. The number of amides is 4. The minimum atomic E-state index is -0.217. The normalized spacial score (nSPS) is 21.4. The number of ether oxygens (including phenoxy) is 1. The quantitative estimate of drug-likeness (QED) is 0.505. The number of rotatable bonds is 4. The minimum absolute atomic E-state index is 0.0113. The van der Waals surface area contributed by atoms with Crippen molar-refractivity contribution in [3.05, 3.63) is 42.2 Å². The van der Waals surface area contributed by atoms with Crippen molar-refractivity contribution in [3.63, 3.8) is 0 Å². The maximum Gasteiger partial charge on any atom is 0.319 e. The van der Waals surface area contributed by atoms with Gasteiger partial charge in [0.05, 0.1) is 16.9 Å². The van der Waals surface area contributed by atoms with Crippen LogP contribution in [0.1, 0.15) is 38.3 Å². The number of carbonyl (C=O) groups is 2. The van der Waals surface area contributed by atoms with Crippen molar-refractivity contribution in [2.45, 2.75) is 50.6 Å². The molecule has 2 saturated heterocycles. The van der Waals surface area contributed by atoms with Gasteiger partial charge in [0.15, 0.2) is 0 Å². The third-order valence-corrected chi connectivity index (χ3v) is 7.92. The molecule has 5 heterocycles. The van der Waals surface area contributed by atoms with Gasteiger partial charge in [-0.2, -0.15) is 5.10 Å². The number of anilines is 1. The lowest BCUT2D eigenvalue weighted by atomic mass is 9.82. The van der Waals surface area contributed by atoms with Crippen LogP contribution in [0.25, 0.3) is 22.2 Å². The highest BCUT2D eigenvalue weighted by molar-refractivity contribution is 6.01. The van der Waals surface area contributed by atoms with E-state index in [0.717, 1.165) is 67.5 Å². The summed E-state index contributed by atoms with van der Waals surface area (Å²) in [5.41, 5.74) is 4.44. The Labute approximate surface area is 215 Å². The molecule has 0 aliphatic carbocycles. The molecule has 2 fully saturated rings. The number of pyridine rings is 1. The summed E-state index contributed by atoms with van der Waals surface area (Å²) in [6.45, 7) is 6.24. The topological polar surface area (TPSA) is 113 Å². The number of fused-ring (bicyclic) bond motifs is 3. The largest absolute Gasteiger partial charge is 0.381 e. The molecule has 1 atom stereocenters. The molecule has 0 radical (unpaired) electrons. The molecule has 4 amide bonds. The van der Waals surface area contributed by atoms with Crippen LogP contribution < -0.4 is 16.0 Å². The van der Waals surface area contributed by atoms with E-state index in [1.54, 1.807) is 0 Å². The zero-order chi connectivity index (χ0) is 25.4. The Morgan fingerprint density at radius 3 is 2.84 bits per heavy atom. The second-order valence-electron chi connectivity index (χ2n) is 10.3. The first-order chi connectivity index (χ1) is 18.0. The van der Waals surface area contributed by atoms with Gasteiger partial charge in [-0.3, -0.25) is 9.67 Å². The lowest BCUT2D eigenvalue weighted by Crippen LogP contribution is -2.41. The summed E-state index contributed by atoms with van der Waals surface area (Å²) in [4.78, 5) is 31.7. The van der Waals surface area contributed by atoms with Crippen molar-refractivity contribution in [2.75, 3.05) is 38.2 Å². The van der Waals surface area contributed by atoms with E-state index < -0.39 is 0 Å². The van der Waals surface area contributed by atoms with Crippen LogP contribution in [0.15, 0.2) is 36.5 Å². The molecule has 1 spiro atoms. The standard InChI is InChI=1S/C27H33N7O3/c1-2-28-26(36)33-10-8-27(17-33)9-11-34-24(27)15-23(32-34)18-14-20-21(29-16-18)4-3-5-22(20)31-25(35)30-19-6-12-37-13-7-19/h3-5,14-16,19H,2,6-13,17H2,1H3,(H,28,36)(H2,30,31,35). The molecular weight excluding hydrogens is 470 g/mol. The summed E-state index contributed by atoms with van der Waals surface area (Å²) in [5.74, 6) is 0. The number of benzene rings is 1. The van der Waals surface area contributed by atoms with Crippen LogP contribution in [-0.2, 0) is 16.7 Å². The van der Waals surface area contributed by atoms with Gasteiger partial charge < -0.3 is 25.6 Å². The zero-order valence-corrected chi connectivity index (χ0v) is 21.1. The first kappa shape index (κ1) is 23.7. The van der Waals surface area contributed by atoms with Gasteiger partial charge in [0, 0.05) is 73.7 Å². The van der Waals surface area contributed by atoms with Crippen LogP contribution >= 0.6 is 0 Å². The highest BCUT2D eigenvalue weighted by Crippen LogP contribution is 2.44. The van der Waals surface area contributed by atoms with Gasteiger partial charge in [-0.1, -0.05) is 6.07 Å². The fourth-order valence-electron chi connectivity index (χ4n) is 5.91. The molecule has 1 aromatic carbocycles. The Hall–Kier alpha value is -3.66. The maximum absolute atomic E-state index is 12.7. The lowest BCUT2D eigenvalue weighted by Gasteiger charge is -2.23. The van der Waals surface area contributed by atoms with Crippen LogP contribution in [-0.4, -0.2) is 70.6 Å². The van der Waals surface area contributed by atoms with E-state index >= 15 is 0 Å². The van der Waals surface area contributed by atoms with Gasteiger partial charge in [-0.05, 0) is 56.9 Å². The molecule has 10 heteroatoms. The van der Waals surface area contributed by atoms with Crippen molar-refractivity contribution < 1.29 is 14.3 Å². The summed E-state index contributed by atoms with van der Waals surface area (Å²) >= 11 is 0. The third kappa shape index (κ3) is 4.50. The molecule has 3 aliphatic rings. The summed E-state index contributed by atoms with van der Waals surface area (Å²) in [6, 6.07) is 9.86. The number of hydrogen-bond acceptors (Lipinski definition) is 5. The van der Waals surface area contributed by atoms with Crippen molar-refractivity contribution in [2.24, 2.45) is 0 Å². The average molecular weight is 504 g/mol. The first-order valence-corrected chi connectivity index (χ1v) is 13.2. The van der Waals surface area contributed by atoms with Crippen LogP contribution in [0.4, 0.5) is 15.3 Å². The van der Waals surface area contributed by atoms with Gasteiger partial charge in [-0.25, -0.2) is 9.59 Å². The lowest BCUT2D eigenvalue weighted by molar-refractivity contribution is 0.0806. The Morgan fingerprint density at radius 1 is 1.16 bits per heavy atom. The second kappa shape index (κ2) is 9.66. The molecule has 3 aliphatic heterocycles. The molecule has 0 bridgehead atoms. The Bertz CT molecular complexity index is 1330.